The fraction of sp³-hybridized carbons (Fsp3) is 0.0556. The van der Waals surface area contributed by atoms with Crippen LogP contribution in [0.5, 0.6) is 57.5 Å². The Morgan fingerprint density at radius 2 is 0.871 bits per heavy atom. The van der Waals surface area contributed by atoms with E-state index in [-0.39, 0.29) is 73.3 Å². The van der Waals surface area contributed by atoms with Crippen molar-refractivity contribution < 1.29 is 55.4 Å². The van der Waals surface area contributed by atoms with Gasteiger partial charge in [-0.15, -0.1) is 0 Å². The monoisotopic (exact) mass is 813 g/mol. The first-order chi connectivity index (χ1) is 29.0. The van der Waals surface area contributed by atoms with E-state index in [4.69, 9.17) is 9.47 Å². The molecule has 1 aromatic heterocycles. The molecule has 294 valence electrons. The highest BCUT2D eigenvalue weighted by atomic mass is 16.5. The summed E-state index contributed by atoms with van der Waals surface area (Å²) in [5, 5.41) is 105. The first-order valence-electron chi connectivity index (χ1n) is 20.6. The third-order valence-electron chi connectivity index (χ3n) is 14.7. The third-order valence-corrected chi connectivity index (χ3v) is 14.7. The third kappa shape index (κ3) is 4.88. The van der Waals surface area contributed by atoms with Gasteiger partial charge in [0.25, 0.3) is 6.71 Å². The molecule has 2 unspecified atom stereocenters. The molecule has 6 aromatic rings. The summed E-state index contributed by atoms with van der Waals surface area (Å²) in [4.78, 5) is 0. The first kappa shape index (κ1) is 41.7. The lowest BCUT2D eigenvalue weighted by atomic mass is 9.31. The van der Waals surface area contributed by atoms with Crippen LogP contribution < -0.4 is 91.4 Å². The van der Waals surface area contributed by atoms with E-state index in [1.807, 2.05) is 47.1 Å². The minimum absolute atomic E-state index is 0.0626. The van der Waals surface area contributed by atoms with Gasteiger partial charge < -0.3 is 60.0 Å². The van der Waals surface area contributed by atoms with Crippen LogP contribution in [-0.4, -0.2) is 165 Å². The van der Waals surface area contributed by atoms with Gasteiger partial charge in [0.1, 0.15) is 166 Å². The number of phenols is 6. The molecule has 9 N–H and O–H groups in total. The van der Waals surface area contributed by atoms with Gasteiger partial charge in [-0.1, -0.05) is 21.9 Å². The minimum atomic E-state index is -1.76. The van der Waals surface area contributed by atoms with Gasteiger partial charge in [0.15, 0.2) is 11.5 Å². The Balaban J connectivity index is 1.50. The SMILES string of the molecule is BC1=C(O)C(O)C(O)c2c1c1c(O)c(B)c(B)c(O)c1n2-c1c(B)c(O)c(B)c(B)c1-c1c(B)c2c3c(c1B)Oc1c(O)c(B)c(O)c(B)c1B3c1c(B)c(O)c(B)c(B)c1O2. The molecule has 26 heteroatoms. The summed E-state index contributed by atoms with van der Waals surface area (Å²) >= 11 is 0. The second-order valence-corrected chi connectivity index (χ2v) is 17.6. The summed E-state index contributed by atoms with van der Waals surface area (Å²) < 4.78 is 15.5. The zero-order chi connectivity index (χ0) is 45.4. The maximum absolute atomic E-state index is 12.1. The Morgan fingerprint density at radius 3 is 1.47 bits per heavy atom. The standard InChI is InChI=1S/C36H37B14NO11/c37-5-2(21(16(48)26(54)9(5)41)51-22-3(6(38)29(57)32(60)31(22)59)4-23(51)28(56)11(43)10(42)24(4)52)1-7(39)33-20-34(8(1)40)62-36-19(15(47)27(55)17(49)30(36)58)50(20)18-14(46)25(53)12(44)13(45)35(18)61-33/h31-32,52-60H,37-49H2. The second kappa shape index (κ2) is 13.5. The van der Waals surface area contributed by atoms with Crippen molar-refractivity contribution in [1.82, 2.24) is 4.57 Å². The molecule has 0 saturated heterocycles. The lowest BCUT2D eigenvalue weighted by Gasteiger charge is -2.39. The van der Waals surface area contributed by atoms with Crippen molar-refractivity contribution in [3.05, 3.63) is 17.0 Å². The van der Waals surface area contributed by atoms with Crippen molar-refractivity contribution in [2.45, 2.75) is 12.2 Å². The number of nitrogens with zero attached hydrogens (tertiary/aromatic N) is 1. The average molecular weight is 811 g/mol. The van der Waals surface area contributed by atoms with Gasteiger partial charge in [0.05, 0.1) is 22.3 Å². The molecular weight excluding hydrogens is 774 g/mol. The molecular formula is C36H37B14NO11. The molecule has 12 nitrogen and oxygen atoms in total. The first-order valence-corrected chi connectivity index (χ1v) is 20.6. The highest BCUT2D eigenvalue weighted by Crippen LogP contribution is 2.48. The quantitative estimate of drug-likeness (QED) is 0.0593. The van der Waals surface area contributed by atoms with Crippen molar-refractivity contribution in [3.63, 3.8) is 0 Å². The fourth-order valence-corrected chi connectivity index (χ4v) is 10.6. The zero-order valence-electron chi connectivity index (χ0n) is 37.0. The van der Waals surface area contributed by atoms with Gasteiger partial charge in [-0.05, 0) is 71.2 Å². The van der Waals surface area contributed by atoms with Crippen LogP contribution in [0.3, 0.4) is 0 Å². The molecule has 0 radical (unpaired) electrons. The van der Waals surface area contributed by atoms with Gasteiger partial charge in [-0.2, -0.15) is 0 Å². The van der Waals surface area contributed by atoms with Crippen LogP contribution in [0, 0.1) is 0 Å². The van der Waals surface area contributed by atoms with Gasteiger partial charge in [-0.3, -0.25) is 0 Å². The Labute approximate surface area is 369 Å². The lowest BCUT2D eigenvalue weighted by Crippen LogP contribution is -2.68. The van der Waals surface area contributed by atoms with Crippen LogP contribution in [-0.2, 0) is 0 Å². The molecule has 2 aliphatic heterocycles. The van der Waals surface area contributed by atoms with Gasteiger partial charge >= 0.3 is 0 Å². The molecule has 1 aliphatic carbocycles. The lowest BCUT2D eigenvalue weighted by molar-refractivity contribution is 0.0124. The number of benzene rings is 5. The van der Waals surface area contributed by atoms with Crippen molar-refractivity contribution in [3.8, 4) is 74.3 Å². The van der Waals surface area contributed by atoms with E-state index in [0.717, 1.165) is 0 Å². The predicted molar refractivity (Wildman–Crippen MR) is 284 cm³/mol. The largest absolute Gasteiger partial charge is 0.510 e. The summed E-state index contributed by atoms with van der Waals surface area (Å²) in [7, 11) is 22.9. The van der Waals surface area contributed by atoms with Gasteiger partial charge in [-0.25, -0.2) is 0 Å². The maximum Gasteiger partial charge on any atom is 0.259 e. The summed E-state index contributed by atoms with van der Waals surface area (Å²) in [6.45, 7) is -0.670. The molecule has 62 heavy (non-hydrogen) atoms. The molecule has 9 rings (SSSR count). The molecule has 0 amide bonds. The smallest absolute Gasteiger partial charge is 0.259 e. The van der Waals surface area contributed by atoms with Crippen LogP contribution in [0.15, 0.2) is 5.76 Å². The van der Waals surface area contributed by atoms with Crippen LogP contribution in [0.4, 0.5) is 0 Å². The summed E-state index contributed by atoms with van der Waals surface area (Å²) in [5.74, 6) is 0.293. The van der Waals surface area contributed by atoms with Gasteiger partial charge in [0.2, 0.25) is 0 Å². The van der Waals surface area contributed by atoms with Crippen molar-refractivity contribution in [1.29, 1.82) is 0 Å². The minimum Gasteiger partial charge on any atom is -0.510 e. The van der Waals surface area contributed by atoms with Crippen LogP contribution in [0.1, 0.15) is 17.4 Å². The second-order valence-electron chi connectivity index (χ2n) is 17.6. The maximum atomic E-state index is 12.1. The summed E-state index contributed by atoms with van der Waals surface area (Å²) in [6, 6.07) is 0. The van der Waals surface area contributed by atoms with Gasteiger partial charge in [0, 0.05) is 11.0 Å². The van der Waals surface area contributed by atoms with Crippen LogP contribution in [0.25, 0.3) is 33.2 Å². The van der Waals surface area contributed by atoms with Crippen molar-refractivity contribution in [2.24, 2.45) is 0 Å². The normalized spacial score (nSPS) is 16.1. The number of hydrogen-bond donors (Lipinski definition) is 9. The Kier molecular flexibility index (Phi) is 9.06. The Hall–Kier alpha value is -5.59. The predicted octanol–water partition coefficient (Wildman–Crippen LogP) is -18.4. The van der Waals surface area contributed by atoms with Crippen molar-refractivity contribution in [2.75, 3.05) is 0 Å². The molecule has 3 aliphatic rings. The molecule has 0 saturated carbocycles. The van der Waals surface area contributed by atoms with E-state index in [1.54, 1.807) is 59.5 Å². The number of hydrogen-bond acceptors (Lipinski definition) is 11. The molecule has 2 atom stereocenters. The van der Waals surface area contributed by atoms with E-state index in [1.165, 1.54) is 0 Å². The van der Waals surface area contributed by atoms with Crippen LogP contribution >= 0.6 is 0 Å². The number of phenolic OH excluding ortho intramolecular Hbond substituents is 6. The number of aliphatic hydroxyl groups excluding tert-OH is 3. The number of rotatable bonds is 2. The van der Waals surface area contributed by atoms with E-state index in [0.29, 0.717) is 111 Å². The molecule has 5 aromatic carbocycles. The molecule has 0 bridgehead atoms. The highest BCUT2D eigenvalue weighted by Gasteiger charge is 2.47. The van der Waals surface area contributed by atoms with E-state index in [2.05, 4.69) is 0 Å². The number of aliphatic hydroxyl groups is 3. The number of fused-ring (bicyclic) bond motifs is 7. The van der Waals surface area contributed by atoms with E-state index in [9.17, 15) is 46.0 Å². The highest BCUT2D eigenvalue weighted by molar-refractivity contribution is 7.02. The molecule has 3 heterocycles. The Bertz CT molecular complexity index is 3110. The molecule has 0 fully saturated rings. The average Bonchev–Trinajstić information content (AvgIpc) is 3.61. The topological polar surface area (TPSA) is 205 Å². The van der Waals surface area contributed by atoms with Crippen LogP contribution in [0.2, 0.25) is 0 Å². The van der Waals surface area contributed by atoms with Crippen molar-refractivity contribution >= 4 is 207 Å². The fourth-order valence-electron chi connectivity index (χ4n) is 10.6. The summed E-state index contributed by atoms with van der Waals surface area (Å²) in [5.41, 5.74) is 9.96. The summed E-state index contributed by atoms with van der Waals surface area (Å²) in [6.07, 6.45) is -3.51. The number of ether oxygens (including phenoxy) is 2. The van der Waals surface area contributed by atoms with E-state index >= 15 is 0 Å². The zero-order valence-corrected chi connectivity index (χ0v) is 37.0. The number of aromatic nitrogens is 1. The number of aromatic hydroxyl groups is 6. The van der Waals surface area contributed by atoms with E-state index < -0.39 is 24.7 Å². The Morgan fingerprint density at radius 1 is 0.403 bits per heavy atom. The molecule has 0 spiro atoms.